The van der Waals surface area contributed by atoms with Gasteiger partial charge in [-0.3, -0.25) is 0 Å². The Morgan fingerprint density at radius 3 is 2.56 bits per heavy atom. The molecule has 2 aromatic rings. The Morgan fingerprint density at radius 1 is 1.11 bits per heavy atom. The number of hydrogen-bond donors (Lipinski definition) is 2. The number of thioether (sulfide) groups is 1. The molecule has 4 heteroatoms. The molecule has 0 saturated carbocycles. The molecule has 0 aliphatic rings. The van der Waals surface area contributed by atoms with Crippen LogP contribution in [-0.4, -0.2) is 13.4 Å². The molecule has 0 aromatic heterocycles. The largest absolute Gasteiger partial charge is 0.497 e. The average molecular weight is 260 g/mol. The lowest BCUT2D eigenvalue weighted by Crippen LogP contribution is -1.98. The number of methoxy groups -OCH3 is 1. The molecule has 0 saturated heterocycles. The highest BCUT2D eigenvalue weighted by atomic mass is 32.2. The molecular weight excluding hydrogens is 244 g/mol. The molecule has 0 unspecified atom stereocenters. The maximum Gasteiger partial charge on any atom is 0.121 e. The van der Waals surface area contributed by atoms with Crippen molar-refractivity contribution in [2.75, 3.05) is 24.4 Å². The number of nitrogens with one attached hydrogen (secondary N) is 1. The molecular formula is C14H16N2OS. The zero-order valence-corrected chi connectivity index (χ0v) is 11.3. The quantitative estimate of drug-likeness (QED) is 0.649. The van der Waals surface area contributed by atoms with E-state index in [1.807, 2.05) is 36.4 Å². The third-order valence-corrected chi connectivity index (χ3v) is 3.43. The molecule has 0 aliphatic carbocycles. The smallest absolute Gasteiger partial charge is 0.121 e. The summed E-state index contributed by atoms with van der Waals surface area (Å²) in [6.45, 7) is 0. The van der Waals surface area contributed by atoms with Gasteiger partial charge in [-0.15, -0.1) is 11.8 Å². The molecule has 3 nitrogen and oxygen atoms in total. The summed E-state index contributed by atoms with van der Waals surface area (Å²) in [5, 5.41) is 3.34. The van der Waals surface area contributed by atoms with Gasteiger partial charge in [0.1, 0.15) is 5.75 Å². The Balaban J connectivity index is 2.28. The Bertz CT molecular complexity index is 543. The SMILES string of the molecule is COc1ccc(Nc2ccccc2SC)c(N)c1. The van der Waals surface area contributed by atoms with Crippen LogP contribution in [0.25, 0.3) is 0 Å². The van der Waals surface area contributed by atoms with Crippen LogP contribution in [0.2, 0.25) is 0 Å². The molecule has 0 spiro atoms. The highest BCUT2D eigenvalue weighted by Crippen LogP contribution is 2.31. The van der Waals surface area contributed by atoms with Gasteiger partial charge in [-0.1, -0.05) is 12.1 Å². The first kappa shape index (κ1) is 12.6. The number of hydrogen-bond acceptors (Lipinski definition) is 4. The van der Waals surface area contributed by atoms with Crippen molar-refractivity contribution in [2.24, 2.45) is 0 Å². The number of nitrogens with two attached hydrogens (primary N) is 1. The molecule has 0 aliphatic heterocycles. The van der Waals surface area contributed by atoms with Crippen molar-refractivity contribution in [1.82, 2.24) is 0 Å². The Morgan fingerprint density at radius 2 is 1.89 bits per heavy atom. The number of benzene rings is 2. The summed E-state index contributed by atoms with van der Waals surface area (Å²) in [6, 6.07) is 13.8. The molecule has 18 heavy (non-hydrogen) atoms. The molecule has 0 bridgehead atoms. The monoisotopic (exact) mass is 260 g/mol. The predicted octanol–water partition coefficient (Wildman–Crippen LogP) is 3.74. The van der Waals surface area contributed by atoms with Gasteiger partial charge in [0.05, 0.1) is 24.2 Å². The van der Waals surface area contributed by atoms with Crippen molar-refractivity contribution < 1.29 is 4.74 Å². The van der Waals surface area contributed by atoms with Gasteiger partial charge in [0, 0.05) is 11.0 Å². The van der Waals surface area contributed by atoms with Crippen LogP contribution < -0.4 is 15.8 Å². The van der Waals surface area contributed by atoms with Crippen molar-refractivity contribution >= 4 is 28.8 Å². The van der Waals surface area contributed by atoms with Gasteiger partial charge in [-0.25, -0.2) is 0 Å². The summed E-state index contributed by atoms with van der Waals surface area (Å²) < 4.78 is 5.13. The summed E-state index contributed by atoms with van der Waals surface area (Å²) in [5.41, 5.74) is 8.60. The number of nitrogen functional groups attached to an aromatic ring is 1. The predicted molar refractivity (Wildman–Crippen MR) is 78.9 cm³/mol. The molecule has 0 atom stereocenters. The number of rotatable bonds is 4. The maximum absolute atomic E-state index is 5.99. The Hall–Kier alpha value is -1.81. The van der Waals surface area contributed by atoms with Crippen LogP contribution in [0.3, 0.4) is 0 Å². The minimum Gasteiger partial charge on any atom is -0.497 e. The van der Waals surface area contributed by atoms with E-state index in [0.717, 1.165) is 17.1 Å². The lowest BCUT2D eigenvalue weighted by Gasteiger charge is -2.13. The van der Waals surface area contributed by atoms with Crippen LogP contribution in [-0.2, 0) is 0 Å². The van der Waals surface area contributed by atoms with Crippen LogP contribution in [0.1, 0.15) is 0 Å². The molecule has 0 heterocycles. The van der Waals surface area contributed by atoms with Crippen LogP contribution >= 0.6 is 11.8 Å². The van der Waals surface area contributed by atoms with Crippen molar-refractivity contribution in [3.63, 3.8) is 0 Å². The minimum atomic E-state index is 0.672. The molecule has 0 amide bonds. The number of ether oxygens (including phenoxy) is 1. The fourth-order valence-corrected chi connectivity index (χ4v) is 2.23. The third-order valence-electron chi connectivity index (χ3n) is 2.64. The summed E-state index contributed by atoms with van der Waals surface area (Å²) in [4.78, 5) is 1.19. The van der Waals surface area contributed by atoms with Crippen LogP contribution in [0.15, 0.2) is 47.4 Å². The van der Waals surface area contributed by atoms with Crippen LogP contribution in [0.4, 0.5) is 17.1 Å². The first-order valence-electron chi connectivity index (χ1n) is 5.58. The summed E-state index contributed by atoms with van der Waals surface area (Å²) in [6.07, 6.45) is 2.05. The molecule has 2 rings (SSSR count). The number of anilines is 3. The zero-order chi connectivity index (χ0) is 13.0. The standard InChI is InChI=1S/C14H16N2OS/c1-17-10-7-8-12(11(15)9-10)16-13-5-3-4-6-14(13)18-2/h3-9,16H,15H2,1-2H3. The highest BCUT2D eigenvalue weighted by Gasteiger charge is 2.04. The Kier molecular flexibility index (Phi) is 3.99. The second-order valence-electron chi connectivity index (χ2n) is 3.78. The van der Waals surface area contributed by atoms with Crippen LogP contribution in [0.5, 0.6) is 5.75 Å². The second kappa shape index (κ2) is 5.69. The van der Waals surface area contributed by atoms with E-state index in [-0.39, 0.29) is 0 Å². The topological polar surface area (TPSA) is 47.3 Å². The summed E-state index contributed by atoms with van der Waals surface area (Å²) in [7, 11) is 1.63. The van der Waals surface area contributed by atoms with Gasteiger partial charge in [0.2, 0.25) is 0 Å². The van der Waals surface area contributed by atoms with Gasteiger partial charge in [-0.05, 0) is 30.5 Å². The molecule has 0 fully saturated rings. The fraction of sp³-hybridized carbons (Fsp3) is 0.143. The van der Waals surface area contributed by atoms with Gasteiger partial charge in [0.25, 0.3) is 0 Å². The van der Waals surface area contributed by atoms with E-state index in [2.05, 4.69) is 17.6 Å². The van der Waals surface area contributed by atoms with Crippen molar-refractivity contribution in [3.8, 4) is 5.75 Å². The van der Waals surface area contributed by atoms with E-state index in [4.69, 9.17) is 10.5 Å². The van der Waals surface area contributed by atoms with Gasteiger partial charge in [0.15, 0.2) is 0 Å². The molecule has 0 radical (unpaired) electrons. The lowest BCUT2D eigenvalue weighted by molar-refractivity contribution is 0.415. The summed E-state index contributed by atoms with van der Waals surface area (Å²) in [5.74, 6) is 0.760. The van der Waals surface area contributed by atoms with E-state index >= 15 is 0 Å². The van der Waals surface area contributed by atoms with E-state index < -0.39 is 0 Å². The lowest BCUT2D eigenvalue weighted by atomic mass is 10.2. The summed E-state index contributed by atoms with van der Waals surface area (Å²) >= 11 is 1.70. The maximum atomic E-state index is 5.99. The highest BCUT2D eigenvalue weighted by molar-refractivity contribution is 7.98. The first-order valence-corrected chi connectivity index (χ1v) is 6.80. The first-order chi connectivity index (χ1) is 8.74. The van der Waals surface area contributed by atoms with E-state index in [9.17, 15) is 0 Å². The van der Waals surface area contributed by atoms with Gasteiger partial charge in [-0.2, -0.15) is 0 Å². The second-order valence-corrected chi connectivity index (χ2v) is 4.63. The van der Waals surface area contributed by atoms with Crippen LogP contribution in [0, 0.1) is 0 Å². The van der Waals surface area contributed by atoms with E-state index in [1.54, 1.807) is 18.9 Å². The Labute approximate surface area is 111 Å². The van der Waals surface area contributed by atoms with Crippen molar-refractivity contribution in [1.29, 1.82) is 0 Å². The molecule has 94 valence electrons. The molecule has 3 N–H and O–H groups in total. The fourth-order valence-electron chi connectivity index (χ4n) is 1.67. The normalized spacial score (nSPS) is 10.1. The van der Waals surface area contributed by atoms with Crippen molar-refractivity contribution in [2.45, 2.75) is 4.90 Å². The van der Waals surface area contributed by atoms with Gasteiger partial charge < -0.3 is 15.8 Å². The molecule has 2 aromatic carbocycles. The van der Waals surface area contributed by atoms with E-state index in [1.165, 1.54) is 4.90 Å². The average Bonchev–Trinajstić information content (AvgIpc) is 2.41. The third kappa shape index (κ3) is 2.71. The van der Waals surface area contributed by atoms with Crippen molar-refractivity contribution in [3.05, 3.63) is 42.5 Å². The van der Waals surface area contributed by atoms with E-state index in [0.29, 0.717) is 5.69 Å². The van der Waals surface area contributed by atoms with Gasteiger partial charge >= 0.3 is 0 Å². The number of para-hydroxylation sites is 1. The minimum absolute atomic E-state index is 0.672. The zero-order valence-electron chi connectivity index (χ0n) is 10.4.